The third-order valence-electron chi connectivity index (χ3n) is 6.36. The molecule has 0 saturated heterocycles. The van der Waals surface area contributed by atoms with Gasteiger partial charge in [0, 0.05) is 19.3 Å². The zero-order chi connectivity index (χ0) is 26.9. The van der Waals surface area contributed by atoms with Gasteiger partial charge in [-0.15, -0.1) is 0 Å². The molecule has 3 N–H and O–H groups in total. The van der Waals surface area contributed by atoms with Crippen LogP contribution in [0.15, 0.2) is 18.2 Å². The standard InChI is InChI=1S/C24H33F5N4O2S/c1-14(30-19(34)9-12-24(27,28)29)16-5-6-17-18(13-16)32-21(31-17)20(33-36(35)22(2,3)4)15-7-10-23(25,26)11-8-15/h5-6,13-15,20,33H,7-12H2,1-4H3,(H,30,34)(H,31,32)/t14-,20-,36+/m0/s1. The number of amides is 1. The molecule has 1 saturated carbocycles. The number of aromatic amines is 1. The molecule has 202 valence electrons. The molecule has 0 radical (unpaired) electrons. The van der Waals surface area contributed by atoms with Crippen molar-refractivity contribution in [1.29, 1.82) is 0 Å². The summed E-state index contributed by atoms with van der Waals surface area (Å²) >= 11 is 0. The second kappa shape index (κ2) is 10.7. The Bertz CT molecular complexity index is 1090. The lowest BCUT2D eigenvalue weighted by atomic mass is 9.82. The number of halogens is 5. The van der Waals surface area contributed by atoms with E-state index in [0.29, 0.717) is 22.4 Å². The number of H-pyrrole nitrogens is 1. The third-order valence-corrected chi connectivity index (χ3v) is 7.94. The summed E-state index contributed by atoms with van der Waals surface area (Å²) in [5.74, 6) is -3.11. The molecule has 1 aromatic heterocycles. The molecule has 1 heterocycles. The van der Waals surface area contributed by atoms with Gasteiger partial charge >= 0.3 is 6.18 Å². The van der Waals surface area contributed by atoms with Crippen molar-refractivity contribution in [2.45, 2.75) is 95.1 Å². The van der Waals surface area contributed by atoms with Gasteiger partial charge in [0.2, 0.25) is 11.8 Å². The molecule has 1 aliphatic rings. The van der Waals surface area contributed by atoms with Crippen molar-refractivity contribution in [1.82, 2.24) is 20.0 Å². The number of benzene rings is 1. The van der Waals surface area contributed by atoms with E-state index >= 15 is 0 Å². The van der Waals surface area contributed by atoms with Crippen molar-refractivity contribution in [3.8, 4) is 0 Å². The van der Waals surface area contributed by atoms with Crippen LogP contribution in [0.3, 0.4) is 0 Å². The van der Waals surface area contributed by atoms with Crippen LogP contribution in [0.5, 0.6) is 0 Å². The van der Waals surface area contributed by atoms with Gasteiger partial charge in [0.05, 0.1) is 45.3 Å². The summed E-state index contributed by atoms with van der Waals surface area (Å²) in [6.45, 7) is 7.12. The highest BCUT2D eigenvalue weighted by atomic mass is 32.2. The van der Waals surface area contributed by atoms with Gasteiger partial charge in [0.15, 0.2) is 0 Å². The molecule has 2 aromatic rings. The molecule has 0 unspecified atom stereocenters. The van der Waals surface area contributed by atoms with Crippen molar-refractivity contribution >= 4 is 27.9 Å². The van der Waals surface area contributed by atoms with E-state index in [-0.39, 0.29) is 31.6 Å². The van der Waals surface area contributed by atoms with E-state index in [1.54, 1.807) is 25.1 Å². The van der Waals surface area contributed by atoms with Gasteiger partial charge in [-0.1, -0.05) is 6.07 Å². The molecule has 0 bridgehead atoms. The van der Waals surface area contributed by atoms with Gasteiger partial charge in [0.25, 0.3) is 0 Å². The summed E-state index contributed by atoms with van der Waals surface area (Å²) in [4.78, 5) is 19.7. The highest BCUT2D eigenvalue weighted by Crippen LogP contribution is 2.41. The third kappa shape index (κ3) is 7.71. The van der Waals surface area contributed by atoms with Gasteiger partial charge in [-0.2, -0.15) is 13.2 Å². The molecule has 12 heteroatoms. The number of aromatic nitrogens is 2. The highest BCUT2D eigenvalue weighted by Gasteiger charge is 2.40. The molecule has 36 heavy (non-hydrogen) atoms. The van der Waals surface area contributed by atoms with E-state index in [1.165, 1.54) is 0 Å². The van der Waals surface area contributed by atoms with Gasteiger partial charge in [-0.25, -0.2) is 22.7 Å². The molecule has 1 aliphatic carbocycles. The van der Waals surface area contributed by atoms with Crippen molar-refractivity contribution in [2.75, 3.05) is 0 Å². The molecule has 3 atom stereocenters. The Morgan fingerprint density at radius 1 is 1.22 bits per heavy atom. The van der Waals surface area contributed by atoms with Gasteiger partial charge in [-0.05, 0) is 64.2 Å². The summed E-state index contributed by atoms with van der Waals surface area (Å²) in [6.07, 6.45) is -6.21. The summed E-state index contributed by atoms with van der Waals surface area (Å²) in [5, 5.41) is 2.57. The highest BCUT2D eigenvalue weighted by molar-refractivity contribution is 7.84. The number of carbonyl (C=O) groups excluding carboxylic acids is 1. The van der Waals surface area contributed by atoms with Gasteiger partial charge < -0.3 is 10.3 Å². The molecular formula is C24H33F5N4O2S. The number of carbonyl (C=O) groups is 1. The molecule has 1 amide bonds. The van der Waals surface area contributed by atoms with E-state index in [4.69, 9.17) is 0 Å². The topological polar surface area (TPSA) is 86.9 Å². The summed E-state index contributed by atoms with van der Waals surface area (Å²) in [5.41, 5.74) is 1.88. The van der Waals surface area contributed by atoms with E-state index in [1.807, 2.05) is 20.8 Å². The smallest absolute Gasteiger partial charge is 0.350 e. The normalized spacial score (nSPS) is 19.7. The number of hydrogen-bond acceptors (Lipinski definition) is 3. The van der Waals surface area contributed by atoms with E-state index < -0.39 is 58.7 Å². The number of rotatable bonds is 8. The van der Waals surface area contributed by atoms with Crippen LogP contribution in [0.25, 0.3) is 11.0 Å². The van der Waals surface area contributed by atoms with E-state index in [9.17, 15) is 31.0 Å². The lowest BCUT2D eigenvalue weighted by molar-refractivity contribution is -0.144. The first kappa shape index (κ1) is 28.5. The monoisotopic (exact) mass is 536 g/mol. The van der Waals surface area contributed by atoms with Crippen LogP contribution in [0.1, 0.15) is 89.7 Å². The number of nitrogens with one attached hydrogen (secondary N) is 3. The fourth-order valence-corrected chi connectivity index (χ4v) is 5.07. The molecule has 1 fully saturated rings. The van der Waals surface area contributed by atoms with Crippen LogP contribution in [0.2, 0.25) is 0 Å². The van der Waals surface area contributed by atoms with Crippen molar-refractivity contribution in [2.24, 2.45) is 5.92 Å². The fraction of sp³-hybridized carbons (Fsp3) is 0.667. The van der Waals surface area contributed by atoms with Crippen LogP contribution < -0.4 is 10.0 Å². The quantitative estimate of drug-likeness (QED) is 0.362. The maximum absolute atomic E-state index is 13.8. The summed E-state index contributed by atoms with van der Waals surface area (Å²) in [6, 6.07) is 4.11. The molecule has 3 rings (SSSR count). The second-order valence-electron chi connectivity index (χ2n) is 10.5. The zero-order valence-corrected chi connectivity index (χ0v) is 21.6. The average molecular weight is 537 g/mol. The largest absolute Gasteiger partial charge is 0.389 e. The van der Waals surface area contributed by atoms with Gasteiger partial charge in [0.1, 0.15) is 5.82 Å². The van der Waals surface area contributed by atoms with E-state index in [0.717, 1.165) is 0 Å². The number of imidazole rings is 1. The summed E-state index contributed by atoms with van der Waals surface area (Å²) < 4.78 is 80.2. The SMILES string of the molecule is C[C@H](NC(=O)CCC(F)(F)F)c1ccc2nc([C@@H](N[S@](=O)C(C)(C)C)C3CCC(F)(F)CC3)[nH]c2c1. The van der Waals surface area contributed by atoms with Crippen molar-refractivity contribution in [3.63, 3.8) is 0 Å². The molecule has 6 nitrogen and oxygen atoms in total. The minimum atomic E-state index is -4.40. The predicted octanol–water partition coefficient (Wildman–Crippen LogP) is 6.00. The first-order chi connectivity index (χ1) is 16.5. The number of nitrogens with zero attached hydrogens (tertiary/aromatic N) is 1. The summed E-state index contributed by atoms with van der Waals surface area (Å²) in [7, 11) is -1.46. The number of alkyl halides is 5. The number of fused-ring (bicyclic) bond motifs is 1. The Morgan fingerprint density at radius 3 is 2.44 bits per heavy atom. The Hall–Kier alpha value is -2.08. The van der Waals surface area contributed by atoms with E-state index in [2.05, 4.69) is 20.0 Å². The first-order valence-corrected chi connectivity index (χ1v) is 13.1. The predicted molar refractivity (Wildman–Crippen MR) is 129 cm³/mol. The average Bonchev–Trinajstić information content (AvgIpc) is 3.18. The van der Waals surface area contributed by atoms with Crippen LogP contribution in [0.4, 0.5) is 22.0 Å². The Labute approximate surface area is 209 Å². The lowest BCUT2D eigenvalue weighted by Gasteiger charge is -2.34. The molecule has 0 spiro atoms. The van der Waals surface area contributed by atoms with Crippen LogP contribution in [0, 0.1) is 5.92 Å². The van der Waals surface area contributed by atoms with Crippen LogP contribution >= 0.6 is 0 Å². The molecule has 0 aliphatic heterocycles. The molecular weight excluding hydrogens is 503 g/mol. The maximum Gasteiger partial charge on any atom is 0.389 e. The Morgan fingerprint density at radius 2 is 1.86 bits per heavy atom. The minimum Gasteiger partial charge on any atom is -0.350 e. The van der Waals surface area contributed by atoms with Gasteiger partial charge in [-0.3, -0.25) is 4.79 Å². The van der Waals surface area contributed by atoms with Crippen molar-refractivity contribution < 1.29 is 31.0 Å². The van der Waals surface area contributed by atoms with Crippen LogP contribution in [-0.4, -0.2) is 36.9 Å². The van der Waals surface area contributed by atoms with Crippen molar-refractivity contribution in [3.05, 3.63) is 29.6 Å². The Balaban J connectivity index is 1.81. The lowest BCUT2D eigenvalue weighted by Crippen LogP contribution is -2.40. The fourth-order valence-electron chi connectivity index (χ4n) is 4.18. The maximum atomic E-state index is 13.8. The second-order valence-corrected chi connectivity index (χ2v) is 12.5. The Kier molecular flexibility index (Phi) is 8.49. The van der Waals surface area contributed by atoms with Crippen LogP contribution in [-0.2, 0) is 15.8 Å². The first-order valence-electron chi connectivity index (χ1n) is 12.0. The zero-order valence-electron chi connectivity index (χ0n) is 20.8. The molecule has 1 aromatic carbocycles. The number of hydrogen-bond donors (Lipinski definition) is 3. The minimum absolute atomic E-state index is 0.192.